The zero-order valence-electron chi connectivity index (χ0n) is 11.0. The van der Waals surface area contributed by atoms with E-state index in [9.17, 15) is 14.4 Å². The van der Waals surface area contributed by atoms with E-state index in [2.05, 4.69) is 5.32 Å². The van der Waals surface area contributed by atoms with Crippen LogP contribution in [0.1, 0.15) is 45.9 Å². The molecule has 0 radical (unpaired) electrons. The normalized spacial score (nSPS) is 10.1. The van der Waals surface area contributed by atoms with E-state index in [0.717, 1.165) is 11.3 Å². The van der Waals surface area contributed by atoms with Crippen molar-refractivity contribution in [1.29, 1.82) is 0 Å². The molecule has 0 aliphatic heterocycles. The fraction of sp³-hybridized carbons (Fsp3) is 0.417. The molecule has 7 heteroatoms. The number of nitrogens with two attached hydrogens (primary N) is 1. The van der Waals surface area contributed by atoms with Gasteiger partial charge in [0.15, 0.2) is 0 Å². The number of rotatable bonds is 5. The average Bonchev–Trinajstić information content (AvgIpc) is 2.66. The molecular weight excluding hydrogens is 268 g/mol. The van der Waals surface area contributed by atoms with Gasteiger partial charge in [0.2, 0.25) is 5.91 Å². The highest BCUT2D eigenvalue weighted by Gasteiger charge is 2.24. The van der Waals surface area contributed by atoms with Crippen molar-refractivity contribution in [2.24, 2.45) is 5.73 Å². The van der Waals surface area contributed by atoms with Gasteiger partial charge < -0.3 is 15.8 Å². The molecule has 2 amide bonds. The van der Waals surface area contributed by atoms with Crippen LogP contribution < -0.4 is 11.1 Å². The molecule has 1 heterocycles. The summed E-state index contributed by atoms with van der Waals surface area (Å²) in [6.45, 7) is 5.21. The summed E-state index contributed by atoms with van der Waals surface area (Å²) in [6.07, 6.45) is 0.268. The van der Waals surface area contributed by atoms with Crippen LogP contribution in [-0.4, -0.2) is 24.4 Å². The minimum Gasteiger partial charge on any atom is -0.462 e. The Morgan fingerprint density at radius 1 is 1.32 bits per heavy atom. The Balaban J connectivity index is 3.23. The van der Waals surface area contributed by atoms with Crippen molar-refractivity contribution in [2.75, 3.05) is 11.9 Å². The number of ether oxygens (including phenoxy) is 1. The van der Waals surface area contributed by atoms with Crippen LogP contribution >= 0.6 is 11.3 Å². The highest BCUT2D eigenvalue weighted by atomic mass is 32.1. The molecule has 0 aromatic carbocycles. The Kier molecular flexibility index (Phi) is 5.05. The van der Waals surface area contributed by atoms with Crippen LogP contribution in [0.5, 0.6) is 0 Å². The van der Waals surface area contributed by atoms with E-state index in [1.54, 1.807) is 20.8 Å². The molecular formula is C12H16N2O4S. The van der Waals surface area contributed by atoms with Gasteiger partial charge in [-0.1, -0.05) is 6.92 Å². The number of esters is 1. The molecule has 1 aromatic rings. The van der Waals surface area contributed by atoms with E-state index in [0.29, 0.717) is 10.6 Å². The zero-order chi connectivity index (χ0) is 14.6. The summed E-state index contributed by atoms with van der Waals surface area (Å²) in [5, 5.41) is 2.86. The Morgan fingerprint density at radius 3 is 2.42 bits per heavy atom. The zero-order valence-corrected chi connectivity index (χ0v) is 11.8. The Bertz CT molecular complexity index is 522. The largest absolute Gasteiger partial charge is 0.462 e. The minimum atomic E-state index is -0.685. The molecule has 0 saturated heterocycles. The molecule has 6 nitrogen and oxygen atoms in total. The summed E-state index contributed by atoms with van der Waals surface area (Å²) in [5.41, 5.74) is 5.88. The topological polar surface area (TPSA) is 98.5 Å². The molecule has 104 valence electrons. The average molecular weight is 284 g/mol. The summed E-state index contributed by atoms with van der Waals surface area (Å²) < 4.78 is 4.89. The number of hydrogen-bond acceptors (Lipinski definition) is 5. The predicted molar refractivity (Wildman–Crippen MR) is 72.5 cm³/mol. The number of nitrogens with one attached hydrogen (secondary N) is 1. The Hall–Kier alpha value is -1.89. The van der Waals surface area contributed by atoms with E-state index < -0.39 is 11.9 Å². The standard InChI is InChI=1S/C12H16N2O4S/c1-4-7(15)14-11-8(10(13)16)6(3)9(19-11)12(17)18-5-2/h4-5H2,1-3H3,(H2,13,16)(H,14,15). The first-order chi connectivity index (χ1) is 8.92. The second-order valence-electron chi connectivity index (χ2n) is 3.75. The van der Waals surface area contributed by atoms with Crippen LogP contribution in [0.4, 0.5) is 5.00 Å². The van der Waals surface area contributed by atoms with Gasteiger partial charge in [-0.15, -0.1) is 11.3 Å². The SMILES string of the molecule is CCOC(=O)c1sc(NC(=O)CC)c(C(N)=O)c1C. The van der Waals surface area contributed by atoms with Gasteiger partial charge in [0.25, 0.3) is 5.91 Å². The molecule has 19 heavy (non-hydrogen) atoms. The molecule has 0 unspecified atom stereocenters. The highest BCUT2D eigenvalue weighted by Crippen LogP contribution is 2.33. The third-order valence-electron chi connectivity index (χ3n) is 2.43. The summed E-state index contributed by atoms with van der Waals surface area (Å²) in [5.74, 6) is -1.46. The summed E-state index contributed by atoms with van der Waals surface area (Å²) in [6, 6.07) is 0. The summed E-state index contributed by atoms with van der Waals surface area (Å²) in [7, 11) is 0. The van der Waals surface area contributed by atoms with Crippen LogP contribution in [-0.2, 0) is 9.53 Å². The molecule has 1 aromatic heterocycles. The number of thiophene rings is 1. The van der Waals surface area contributed by atoms with Crippen molar-refractivity contribution in [2.45, 2.75) is 27.2 Å². The molecule has 1 rings (SSSR count). The van der Waals surface area contributed by atoms with Gasteiger partial charge in [-0.05, 0) is 19.4 Å². The van der Waals surface area contributed by atoms with Crippen molar-refractivity contribution in [3.8, 4) is 0 Å². The lowest BCUT2D eigenvalue weighted by atomic mass is 10.1. The van der Waals surface area contributed by atoms with Gasteiger partial charge >= 0.3 is 5.97 Å². The number of amides is 2. The molecule has 0 aliphatic carbocycles. The van der Waals surface area contributed by atoms with Crippen molar-refractivity contribution >= 4 is 34.1 Å². The molecule has 0 spiro atoms. The predicted octanol–water partition coefficient (Wildman–Crippen LogP) is 1.68. The van der Waals surface area contributed by atoms with Crippen LogP contribution in [0.25, 0.3) is 0 Å². The molecule has 0 fully saturated rings. The third kappa shape index (κ3) is 3.31. The Morgan fingerprint density at radius 2 is 1.95 bits per heavy atom. The lowest BCUT2D eigenvalue weighted by Gasteiger charge is -2.02. The van der Waals surface area contributed by atoms with Crippen molar-refractivity contribution in [1.82, 2.24) is 0 Å². The molecule has 0 aliphatic rings. The quantitative estimate of drug-likeness (QED) is 0.803. The van der Waals surface area contributed by atoms with Crippen molar-refractivity contribution in [3.63, 3.8) is 0 Å². The van der Waals surface area contributed by atoms with Crippen LogP contribution in [0.15, 0.2) is 0 Å². The Labute approximate surface area is 114 Å². The van der Waals surface area contributed by atoms with E-state index in [-0.39, 0.29) is 29.4 Å². The minimum absolute atomic E-state index is 0.162. The second-order valence-corrected chi connectivity index (χ2v) is 4.77. The van der Waals surface area contributed by atoms with Crippen LogP contribution in [0.2, 0.25) is 0 Å². The van der Waals surface area contributed by atoms with Gasteiger partial charge in [-0.25, -0.2) is 4.79 Å². The third-order valence-corrected chi connectivity index (χ3v) is 3.62. The number of carbonyl (C=O) groups excluding carboxylic acids is 3. The van der Waals surface area contributed by atoms with Crippen molar-refractivity contribution < 1.29 is 19.1 Å². The molecule has 0 bridgehead atoms. The van der Waals surface area contributed by atoms with Gasteiger partial charge in [0.1, 0.15) is 9.88 Å². The lowest BCUT2D eigenvalue weighted by Crippen LogP contribution is -2.16. The van der Waals surface area contributed by atoms with Gasteiger partial charge in [-0.3, -0.25) is 9.59 Å². The first kappa shape index (κ1) is 15.2. The maximum absolute atomic E-state index is 11.7. The second kappa shape index (κ2) is 6.33. The maximum Gasteiger partial charge on any atom is 0.348 e. The molecule has 0 saturated carbocycles. The fourth-order valence-electron chi connectivity index (χ4n) is 1.50. The highest BCUT2D eigenvalue weighted by molar-refractivity contribution is 7.18. The summed E-state index contributed by atoms with van der Waals surface area (Å²) in [4.78, 5) is 34.8. The van der Waals surface area contributed by atoms with Crippen molar-refractivity contribution in [3.05, 3.63) is 16.0 Å². The number of hydrogen-bond donors (Lipinski definition) is 2. The summed E-state index contributed by atoms with van der Waals surface area (Å²) >= 11 is 0.999. The van der Waals surface area contributed by atoms with E-state index in [1.165, 1.54) is 0 Å². The molecule has 3 N–H and O–H groups in total. The van der Waals surface area contributed by atoms with E-state index >= 15 is 0 Å². The van der Waals surface area contributed by atoms with E-state index in [4.69, 9.17) is 10.5 Å². The first-order valence-corrected chi connectivity index (χ1v) is 6.64. The van der Waals surface area contributed by atoms with Crippen LogP contribution in [0, 0.1) is 6.92 Å². The number of anilines is 1. The maximum atomic E-state index is 11.7. The number of carbonyl (C=O) groups is 3. The van der Waals surface area contributed by atoms with Gasteiger partial charge in [0, 0.05) is 6.42 Å². The lowest BCUT2D eigenvalue weighted by molar-refractivity contribution is -0.115. The van der Waals surface area contributed by atoms with E-state index in [1.807, 2.05) is 0 Å². The van der Waals surface area contributed by atoms with Gasteiger partial charge in [0.05, 0.1) is 12.2 Å². The monoisotopic (exact) mass is 284 g/mol. The first-order valence-electron chi connectivity index (χ1n) is 5.82. The number of primary amides is 1. The van der Waals surface area contributed by atoms with Crippen LogP contribution in [0.3, 0.4) is 0 Å². The fourth-order valence-corrected chi connectivity index (χ4v) is 2.63. The van der Waals surface area contributed by atoms with Gasteiger partial charge in [-0.2, -0.15) is 0 Å². The smallest absolute Gasteiger partial charge is 0.348 e. The molecule has 0 atom stereocenters.